The van der Waals surface area contributed by atoms with Gasteiger partial charge in [0.25, 0.3) is 5.91 Å². The Balaban J connectivity index is 2.86. The van der Waals surface area contributed by atoms with Gasteiger partial charge in [-0.3, -0.25) is 4.79 Å². The average molecular weight is 265 g/mol. The number of carbonyl (C=O) groups is 1. The first-order valence-corrected chi connectivity index (χ1v) is 6.89. The largest absolute Gasteiger partial charge is 0.490 e. The van der Waals surface area contributed by atoms with E-state index in [0.29, 0.717) is 30.3 Å². The van der Waals surface area contributed by atoms with Crippen LogP contribution in [0.1, 0.15) is 49.9 Å². The van der Waals surface area contributed by atoms with Crippen molar-refractivity contribution in [2.45, 2.75) is 39.5 Å². The van der Waals surface area contributed by atoms with Crippen molar-refractivity contribution in [2.24, 2.45) is 5.73 Å². The fourth-order valence-corrected chi connectivity index (χ4v) is 1.62. The second-order valence-corrected chi connectivity index (χ2v) is 4.40. The number of hydrogen-bond donors (Lipinski definition) is 1. The van der Waals surface area contributed by atoms with Gasteiger partial charge in [0, 0.05) is 0 Å². The van der Waals surface area contributed by atoms with Crippen LogP contribution < -0.4 is 15.2 Å². The van der Waals surface area contributed by atoms with E-state index in [1.54, 1.807) is 12.1 Å². The van der Waals surface area contributed by atoms with Crippen LogP contribution in [0.4, 0.5) is 0 Å². The van der Waals surface area contributed by atoms with Crippen LogP contribution in [0, 0.1) is 0 Å². The van der Waals surface area contributed by atoms with E-state index in [2.05, 4.69) is 13.8 Å². The predicted octanol–water partition coefficient (Wildman–Crippen LogP) is 3.14. The molecule has 1 amide bonds. The van der Waals surface area contributed by atoms with E-state index in [1.165, 1.54) is 0 Å². The van der Waals surface area contributed by atoms with Gasteiger partial charge in [-0.1, -0.05) is 32.8 Å². The van der Waals surface area contributed by atoms with E-state index in [9.17, 15) is 4.79 Å². The number of amides is 1. The third-order valence-electron chi connectivity index (χ3n) is 2.74. The number of ether oxygens (including phenoxy) is 2. The van der Waals surface area contributed by atoms with Crippen molar-refractivity contribution in [1.29, 1.82) is 0 Å². The van der Waals surface area contributed by atoms with Gasteiger partial charge >= 0.3 is 0 Å². The van der Waals surface area contributed by atoms with E-state index in [-0.39, 0.29) is 0 Å². The molecule has 4 heteroatoms. The molecular weight excluding hydrogens is 242 g/mol. The van der Waals surface area contributed by atoms with Gasteiger partial charge in [0.2, 0.25) is 0 Å². The van der Waals surface area contributed by atoms with Gasteiger partial charge in [0.15, 0.2) is 11.5 Å². The minimum absolute atomic E-state index is 0.380. The molecule has 19 heavy (non-hydrogen) atoms. The SMILES string of the molecule is CCCCOc1cccc(C(N)=O)c1OCCCC. The Morgan fingerprint density at radius 1 is 1.11 bits per heavy atom. The first-order valence-electron chi connectivity index (χ1n) is 6.89. The van der Waals surface area contributed by atoms with Crippen molar-refractivity contribution in [3.8, 4) is 11.5 Å². The summed E-state index contributed by atoms with van der Waals surface area (Å²) >= 11 is 0. The number of primary amides is 1. The highest BCUT2D eigenvalue weighted by Gasteiger charge is 2.15. The predicted molar refractivity (Wildman–Crippen MR) is 75.8 cm³/mol. The summed E-state index contributed by atoms with van der Waals surface area (Å²) in [5.74, 6) is 0.577. The van der Waals surface area contributed by atoms with Crippen LogP contribution in [0.5, 0.6) is 11.5 Å². The lowest BCUT2D eigenvalue weighted by atomic mass is 10.1. The van der Waals surface area contributed by atoms with Gasteiger partial charge in [-0.25, -0.2) is 0 Å². The molecule has 0 bridgehead atoms. The molecule has 1 rings (SSSR count). The fraction of sp³-hybridized carbons (Fsp3) is 0.533. The summed E-state index contributed by atoms with van der Waals surface area (Å²) in [4.78, 5) is 11.4. The Bertz CT molecular complexity index is 404. The molecule has 0 saturated heterocycles. The van der Waals surface area contributed by atoms with Gasteiger partial charge in [-0.05, 0) is 25.0 Å². The second kappa shape index (κ2) is 8.40. The molecule has 0 aromatic heterocycles. The highest BCUT2D eigenvalue weighted by Crippen LogP contribution is 2.31. The summed E-state index contributed by atoms with van der Waals surface area (Å²) in [5, 5.41) is 0. The molecule has 0 spiro atoms. The molecule has 4 nitrogen and oxygen atoms in total. The van der Waals surface area contributed by atoms with Gasteiger partial charge in [-0.2, -0.15) is 0 Å². The van der Waals surface area contributed by atoms with E-state index in [4.69, 9.17) is 15.2 Å². The number of para-hydroxylation sites is 1. The molecule has 0 aliphatic rings. The molecule has 0 radical (unpaired) electrons. The maximum Gasteiger partial charge on any atom is 0.252 e. The Kier molecular flexibility index (Phi) is 6.79. The van der Waals surface area contributed by atoms with Gasteiger partial charge in [-0.15, -0.1) is 0 Å². The van der Waals surface area contributed by atoms with Crippen LogP contribution in [0.2, 0.25) is 0 Å². The Labute approximate surface area is 114 Å². The zero-order chi connectivity index (χ0) is 14.1. The van der Waals surface area contributed by atoms with E-state index < -0.39 is 5.91 Å². The van der Waals surface area contributed by atoms with Crippen LogP contribution in [-0.2, 0) is 0 Å². The molecule has 1 aromatic rings. The van der Waals surface area contributed by atoms with Crippen molar-refractivity contribution in [1.82, 2.24) is 0 Å². The molecule has 2 N–H and O–H groups in total. The standard InChI is InChI=1S/C15H23NO3/c1-3-5-10-18-13-9-7-8-12(15(16)17)14(13)19-11-6-4-2/h7-9H,3-6,10-11H2,1-2H3,(H2,16,17). The normalized spacial score (nSPS) is 10.2. The number of benzene rings is 1. The summed E-state index contributed by atoms with van der Waals surface area (Å²) in [6.07, 6.45) is 3.99. The van der Waals surface area contributed by atoms with E-state index >= 15 is 0 Å². The minimum atomic E-state index is -0.493. The lowest BCUT2D eigenvalue weighted by molar-refractivity contribution is 0.0995. The molecule has 0 heterocycles. The summed E-state index contributed by atoms with van der Waals surface area (Å²) in [6, 6.07) is 5.23. The molecule has 0 aliphatic heterocycles. The molecule has 106 valence electrons. The van der Waals surface area contributed by atoms with E-state index in [0.717, 1.165) is 25.7 Å². The quantitative estimate of drug-likeness (QED) is 0.698. The van der Waals surface area contributed by atoms with Crippen LogP contribution >= 0.6 is 0 Å². The number of carbonyl (C=O) groups excluding carboxylic acids is 1. The third kappa shape index (κ3) is 4.81. The maximum absolute atomic E-state index is 11.4. The van der Waals surface area contributed by atoms with Crippen LogP contribution in [-0.4, -0.2) is 19.1 Å². The molecule has 0 fully saturated rings. The summed E-state index contributed by atoms with van der Waals surface area (Å²) in [7, 11) is 0. The number of hydrogen-bond acceptors (Lipinski definition) is 3. The Morgan fingerprint density at radius 2 is 1.74 bits per heavy atom. The van der Waals surface area contributed by atoms with E-state index in [1.807, 2.05) is 6.07 Å². The smallest absolute Gasteiger partial charge is 0.252 e. The van der Waals surface area contributed by atoms with Gasteiger partial charge in [0.05, 0.1) is 18.8 Å². The van der Waals surface area contributed by atoms with Crippen molar-refractivity contribution in [2.75, 3.05) is 13.2 Å². The van der Waals surface area contributed by atoms with Crippen molar-refractivity contribution in [3.05, 3.63) is 23.8 Å². The first-order chi connectivity index (χ1) is 9.20. The van der Waals surface area contributed by atoms with Crippen LogP contribution in [0.25, 0.3) is 0 Å². The van der Waals surface area contributed by atoms with Crippen LogP contribution in [0.3, 0.4) is 0 Å². The van der Waals surface area contributed by atoms with Crippen molar-refractivity contribution in [3.63, 3.8) is 0 Å². The molecule has 0 aliphatic carbocycles. The summed E-state index contributed by atoms with van der Waals surface area (Å²) < 4.78 is 11.3. The van der Waals surface area contributed by atoms with Gasteiger partial charge in [0.1, 0.15) is 0 Å². The molecular formula is C15H23NO3. The third-order valence-corrected chi connectivity index (χ3v) is 2.74. The lowest BCUT2D eigenvalue weighted by Crippen LogP contribution is -2.14. The summed E-state index contributed by atoms with van der Waals surface area (Å²) in [5.41, 5.74) is 5.75. The number of nitrogens with two attached hydrogens (primary N) is 1. The zero-order valence-electron chi connectivity index (χ0n) is 11.8. The Morgan fingerprint density at radius 3 is 2.32 bits per heavy atom. The molecule has 0 saturated carbocycles. The summed E-state index contributed by atoms with van der Waals surface area (Å²) in [6.45, 7) is 5.36. The molecule has 1 aromatic carbocycles. The highest BCUT2D eigenvalue weighted by molar-refractivity contribution is 5.96. The van der Waals surface area contributed by atoms with Crippen molar-refractivity contribution >= 4 is 5.91 Å². The molecule has 0 unspecified atom stereocenters. The number of unbranched alkanes of at least 4 members (excludes halogenated alkanes) is 2. The monoisotopic (exact) mass is 265 g/mol. The van der Waals surface area contributed by atoms with Crippen LogP contribution in [0.15, 0.2) is 18.2 Å². The highest BCUT2D eigenvalue weighted by atomic mass is 16.5. The second-order valence-electron chi connectivity index (χ2n) is 4.40. The average Bonchev–Trinajstić information content (AvgIpc) is 2.40. The topological polar surface area (TPSA) is 61.5 Å². The maximum atomic E-state index is 11.4. The van der Waals surface area contributed by atoms with Crippen molar-refractivity contribution < 1.29 is 14.3 Å². The zero-order valence-corrected chi connectivity index (χ0v) is 11.8. The minimum Gasteiger partial charge on any atom is -0.490 e. The molecule has 0 atom stereocenters. The first kappa shape index (κ1) is 15.3. The fourth-order valence-electron chi connectivity index (χ4n) is 1.62. The number of rotatable bonds is 9. The van der Waals surface area contributed by atoms with Gasteiger partial charge < -0.3 is 15.2 Å². The Hall–Kier alpha value is -1.71. The lowest BCUT2D eigenvalue weighted by Gasteiger charge is -2.15.